The number of aliphatic hydroxyl groups excluding tert-OH is 1. The van der Waals surface area contributed by atoms with Gasteiger partial charge in [-0.05, 0) is 6.07 Å². The van der Waals surface area contributed by atoms with Crippen LogP contribution in [0.25, 0.3) is 0 Å². The van der Waals surface area contributed by atoms with Crippen LogP contribution in [0.2, 0.25) is 0 Å². The zero-order chi connectivity index (χ0) is 15.1. The third-order valence-corrected chi connectivity index (χ3v) is 4.01. The van der Waals surface area contributed by atoms with E-state index in [0.717, 1.165) is 16.5 Å². The number of methoxy groups -OCH3 is 1. The summed E-state index contributed by atoms with van der Waals surface area (Å²) < 4.78 is 12.6. The minimum atomic E-state index is -0.554. The summed E-state index contributed by atoms with van der Waals surface area (Å²) in [6.45, 7) is 0.679. The number of nitrogens with zero attached hydrogens (tertiary/aromatic N) is 3. The minimum absolute atomic E-state index is 0.267. The van der Waals surface area contributed by atoms with E-state index in [1.807, 2.05) is 35.9 Å². The average Bonchev–Trinajstić information content (AvgIpc) is 2.91. The first kappa shape index (κ1) is 15.8. The van der Waals surface area contributed by atoms with Crippen molar-refractivity contribution in [1.82, 2.24) is 14.8 Å². The third kappa shape index (κ3) is 4.73. The van der Waals surface area contributed by atoms with E-state index >= 15 is 0 Å². The molecule has 0 bridgehead atoms. The molecule has 2 aromatic rings. The van der Waals surface area contributed by atoms with Gasteiger partial charge < -0.3 is 19.1 Å². The highest BCUT2D eigenvalue weighted by Gasteiger charge is 2.09. The second kappa shape index (κ2) is 8.02. The van der Waals surface area contributed by atoms with Gasteiger partial charge in [0, 0.05) is 18.4 Å². The first-order chi connectivity index (χ1) is 10.2. The van der Waals surface area contributed by atoms with Crippen LogP contribution in [0.4, 0.5) is 0 Å². The number of hydrogen-bond donors (Lipinski definition) is 1. The summed E-state index contributed by atoms with van der Waals surface area (Å²) in [5, 5.41) is 18.4. The molecule has 7 heteroatoms. The maximum Gasteiger partial charge on any atom is 0.190 e. The number of thioether (sulfide) groups is 1. The molecule has 1 N–H and O–H groups in total. The fourth-order valence-corrected chi connectivity index (χ4v) is 2.54. The Hall–Kier alpha value is -1.57. The molecule has 114 valence electrons. The van der Waals surface area contributed by atoms with Crippen molar-refractivity contribution in [1.29, 1.82) is 0 Å². The van der Waals surface area contributed by atoms with Crippen LogP contribution in [0.1, 0.15) is 5.56 Å². The van der Waals surface area contributed by atoms with Crippen LogP contribution in [0.15, 0.2) is 35.7 Å². The van der Waals surface area contributed by atoms with E-state index in [1.54, 1.807) is 13.4 Å². The van der Waals surface area contributed by atoms with Crippen molar-refractivity contribution in [2.45, 2.75) is 17.9 Å². The Labute approximate surface area is 128 Å². The van der Waals surface area contributed by atoms with Crippen molar-refractivity contribution in [3.63, 3.8) is 0 Å². The predicted molar refractivity (Wildman–Crippen MR) is 80.4 cm³/mol. The number of aryl methyl sites for hydroxylation is 1. The van der Waals surface area contributed by atoms with E-state index in [1.165, 1.54) is 11.8 Å². The second-order valence-electron chi connectivity index (χ2n) is 4.52. The Bertz CT molecular complexity index is 562. The maximum absolute atomic E-state index is 9.91. The molecular weight excluding hydrogens is 290 g/mol. The minimum Gasteiger partial charge on any atom is -0.496 e. The van der Waals surface area contributed by atoms with Crippen LogP contribution in [0, 0.1) is 0 Å². The molecule has 0 aliphatic rings. The Morgan fingerprint density at radius 3 is 2.90 bits per heavy atom. The zero-order valence-corrected chi connectivity index (χ0v) is 12.9. The van der Waals surface area contributed by atoms with Crippen LogP contribution in [0.5, 0.6) is 5.75 Å². The van der Waals surface area contributed by atoms with Crippen molar-refractivity contribution in [2.75, 3.05) is 19.5 Å². The van der Waals surface area contributed by atoms with Gasteiger partial charge in [-0.25, -0.2) is 0 Å². The van der Waals surface area contributed by atoms with Crippen molar-refractivity contribution < 1.29 is 14.6 Å². The average molecular weight is 309 g/mol. The second-order valence-corrected chi connectivity index (χ2v) is 5.50. The summed E-state index contributed by atoms with van der Waals surface area (Å²) in [4.78, 5) is 0. The monoisotopic (exact) mass is 309 g/mol. The summed E-state index contributed by atoms with van der Waals surface area (Å²) in [5.41, 5.74) is 0.966. The van der Waals surface area contributed by atoms with Crippen LogP contribution < -0.4 is 4.74 Å². The van der Waals surface area contributed by atoms with Gasteiger partial charge in [-0.1, -0.05) is 30.0 Å². The highest BCUT2D eigenvalue weighted by atomic mass is 32.2. The Morgan fingerprint density at radius 2 is 2.19 bits per heavy atom. The van der Waals surface area contributed by atoms with Crippen LogP contribution in [0.3, 0.4) is 0 Å². The standard InChI is InChI=1S/C14H19N3O3S/c1-17-10-15-16-14(17)21-9-12(18)8-20-7-11-5-3-4-6-13(11)19-2/h3-6,10,12,18H,7-9H2,1-2H3. The lowest BCUT2D eigenvalue weighted by Gasteiger charge is -2.12. The predicted octanol–water partition coefficient (Wildman–Crippen LogP) is 1.49. The lowest BCUT2D eigenvalue weighted by Crippen LogP contribution is -2.18. The number of hydrogen-bond acceptors (Lipinski definition) is 6. The molecule has 1 atom stereocenters. The first-order valence-electron chi connectivity index (χ1n) is 6.55. The fraction of sp³-hybridized carbons (Fsp3) is 0.429. The van der Waals surface area contributed by atoms with Gasteiger partial charge in [-0.2, -0.15) is 0 Å². The number of benzene rings is 1. The molecule has 0 spiro atoms. The van der Waals surface area contributed by atoms with Crippen LogP contribution >= 0.6 is 11.8 Å². The number of ether oxygens (including phenoxy) is 2. The molecular formula is C14H19N3O3S. The number of para-hydroxylation sites is 1. The van der Waals surface area contributed by atoms with E-state index in [-0.39, 0.29) is 6.61 Å². The summed E-state index contributed by atoms with van der Waals surface area (Å²) in [6, 6.07) is 7.68. The molecule has 0 fully saturated rings. The summed E-state index contributed by atoms with van der Waals surface area (Å²) in [7, 11) is 3.50. The summed E-state index contributed by atoms with van der Waals surface area (Å²) in [5.74, 6) is 1.30. The lowest BCUT2D eigenvalue weighted by molar-refractivity contribution is 0.0390. The molecule has 6 nitrogen and oxygen atoms in total. The molecule has 1 aromatic heterocycles. The molecule has 0 saturated carbocycles. The molecule has 1 aromatic carbocycles. The topological polar surface area (TPSA) is 69.4 Å². The van der Waals surface area contributed by atoms with Gasteiger partial charge in [0.15, 0.2) is 5.16 Å². The molecule has 21 heavy (non-hydrogen) atoms. The maximum atomic E-state index is 9.91. The molecule has 0 radical (unpaired) electrons. The smallest absolute Gasteiger partial charge is 0.190 e. The normalized spacial score (nSPS) is 12.3. The van der Waals surface area contributed by atoms with Gasteiger partial charge in [-0.15, -0.1) is 10.2 Å². The molecule has 0 saturated heterocycles. The number of rotatable bonds is 8. The van der Waals surface area contributed by atoms with E-state index in [9.17, 15) is 5.11 Å². The zero-order valence-electron chi connectivity index (χ0n) is 12.1. The van der Waals surface area contributed by atoms with Crippen molar-refractivity contribution in [3.8, 4) is 5.75 Å². The van der Waals surface area contributed by atoms with Gasteiger partial charge in [-0.3, -0.25) is 0 Å². The number of aromatic nitrogens is 3. The van der Waals surface area contributed by atoms with Crippen LogP contribution in [-0.4, -0.2) is 45.4 Å². The van der Waals surface area contributed by atoms with E-state index < -0.39 is 6.10 Å². The molecule has 0 aliphatic heterocycles. The van der Waals surface area contributed by atoms with Gasteiger partial charge in [0.2, 0.25) is 0 Å². The lowest BCUT2D eigenvalue weighted by atomic mass is 10.2. The summed E-state index contributed by atoms with van der Waals surface area (Å²) >= 11 is 1.45. The number of aliphatic hydroxyl groups is 1. The Morgan fingerprint density at radius 1 is 1.38 bits per heavy atom. The summed E-state index contributed by atoms with van der Waals surface area (Å²) in [6.07, 6.45) is 1.08. The Balaban J connectivity index is 1.72. The van der Waals surface area contributed by atoms with Crippen molar-refractivity contribution in [3.05, 3.63) is 36.2 Å². The largest absolute Gasteiger partial charge is 0.496 e. The molecule has 1 heterocycles. The molecule has 0 aliphatic carbocycles. The molecule has 1 unspecified atom stereocenters. The molecule has 2 rings (SSSR count). The Kier molecular flexibility index (Phi) is 6.04. The van der Waals surface area contributed by atoms with E-state index in [0.29, 0.717) is 12.4 Å². The van der Waals surface area contributed by atoms with Crippen molar-refractivity contribution >= 4 is 11.8 Å². The van der Waals surface area contributed by atoms with Gasteiger partial charge in [0.05, 0.1) is 26.4 Å². The van der Waals surface area contributed by atoms with E-state index in [4.69, 9.17) is 9.47 Å². The van der Waals surface area contributed by atoms with Crippen LogP contribution in [-0.2, 0) is 18.4 Å². The van der Waals surface area contributed by atoms with Gasteiger partial charge >= 0.3 is 0 Å². The quantitative estimate of drug-likeness (QED) is 0.745. The van der Waals surface area contributed by atoms with E-state index in [2.05, 4.69) is 10.2 Å². The highest BCUT2D eigenvalue weighted by Crippen LogP contribution is 2.19. The third-order valence-electron chi connectivity index (χ3n) is 2.83. The fourth-order valence-electron chi connectivity index (χ4n) is 1.75. The molecule has 0 amide bonds. The first-order valence-corrected chi connectivity index (χ1v) is 7.53. The highest BCUT2D eigenvalue weighted by molar-refractivity contribution is 7.99. The SMILES string of the molecule is COc1ccccc1COCC(O)CSc1nncn1C. The van der Waals surface area contributed by atoms with Gasteiger partial charge in [0.25, 0.3) is 0 Å². The van der Waals surface area contributed by atoms with Crippen molar-refractivity contribution in [2.24, 2.45) is 7.05 Å². The van der Waals surface area contributed by atoms with Gasteiger partial charge in [0.1, 0.15) is 12.1 Å².